The Morgan fingerprint density at radius 3 is 1.03 bits per heavy atom. The number of hydrogen-bond donors (Lipinski definition) is 8. The van der Waals surface area contributed by atoms with Crippen LogP contribution in [0.5, 0.6) is 0 Å². The summed E-state index contributed by atoms with van der Waals surface area (Å²) < 4.78 is 0. The molecule has 0 aliphatic heterocycles. The molecule has 0 rings (SSSR count). The lowest BCUT2D eigenvalue weighted by Crippen LogP contribution is -2.46. The lowest BCUT2D eigenvalue weighted by Gasteiger charge is -2.22. The Kier molecular flexibility index (Phi) is 24.9. The SMILES string of the molecule is CC(=O)CC(=O)O.CC(=O)CC(=O)O.CC(=O)CC(=O)O.O=CC(O)C(O)C(O)C(O)CO. The Balaban J connectivity index is -0.000000176. The van der Waals surface area contributed by atoms with Crippen molar-refractivity contribution in [3.63, 3.8) is 0 Å². The average molecular weight is 486 g/mol. The monoisotopic (exact) mass is 486 g/mol. The number of aliphatic hydroxyl groups excluding tert-OH is 5. The Morgan fingerprint density at radius 1 is 0.636 bits per heavy atom. The van der Waals surface area contributed by atoms with E-state index in [2.05, 4.69) is 0 Å². The first kappa shape index (κ1) is 37.2. The summed E-state index contributed by atoms with van der Waals surface area (Å²) in [5.41, 5.74) is 0. The van der Waals surface area contributed by atoms with Crippen LogP contribution < -0.4 is 0 Å². The second-order valence-corrected chi connectivity index (χ2v) is 6.18. The Morgan fingerprint density at radius 2 is 0.909 bits per heavy atom. The molecule has 0 saturated carbocycles. The van der Waals surface area contributed by atoms with Gasteiger partial charge in [0, 0.05) is 0 Å². The van der Waals surface area contributed by atoms with Crippen LogP contribution in [0.15, 0.2) is 0 Å². The summed E-state index contributed by atoms with van der Waals surface area (Å²) in [7, 11) is 0. The molecule has 0 spiro atoms. The molecule has 0 aliphatic carbocycles. The molecule has 8 N–H and O–H groups in total. The van der Waals surface area contributed by atoms with E-state index in [9.17, 15) is 33.6 Å². The molecule has 15 nitrogen and oxygen atoms in total. The summed E-state index contributed by atoms with van der Waals surface area (Å²) in [6, 6.07) is 0. The predicted molar refractivity (Wildman–Crippen MR) is 106 cm³/mol. The van der Waals surface area contributed by atoms with Gasteiger partial charge in [-0.05, 0) is 20.8 Å². The van der Waals surface area contributed by atoms with Crippen molar-refractivity contribution in [2.45, 2.75) is 64.4 Å². The van der Waals surface area contributed by atoms with Crippen LogP contribution in [0.25, 0.3) is 0 Å². The maximum atomic E-state index is 9.90. The molecule has 0 amide bonds. The topological polar surface area (TPSA) is 281 Å². The van der Waals surface area contributed by atoms with Gasteiger partial charge in [-0.1, -0.05) is 0 Å². The minimum Gasteiger partial charge on any atom is -0.481 e. The Hall–Kier alpha value is -3.11. The number of aliphatic carboxylic acids is 3. The van der Waals surface area contributed by atoms with Crippen molar-refractivity contribution in [2.24, 2.45) is 0 Å². The van der Waals surface area contributed by atoms with E-state index >= 15 is 0 Å². The summed E-state index contributed by atoms with van der Waals surface area (Å²) in [5.74, 6) is -4.12. The van der Waals surface area contributed by atoms with E-state index in [1.54, 1.807) is 0 Å². The fourth-order valence-electron chi connectivity index (χ4n) is 1.26. The second-order valence-electron chi connectivity index (χ2n) is 6.18. The molecule has 0 aromatic carbocycles. The molecule has 0 radical (unpaired) electrons. The second kappa shape index (κ2) is 22.1. The van der Waals surface area contributed by atoms with E-state index in [0.717, 1.165) is 0 Å². The number of hydrogen-bond acceptors (Lipinski definition) is 12. The van der Waals surface area contributed by atoms with Gasteiger partial charge < -0.3 is 45.6 Å². The highest BCUT2D eigenvalue weighted by Gasteiger charge is 2.29. The van der Waals surface area contributed by atoms with Crippen molar-refractivity contribution in [3.05, 3.63) is 0 Å². The van der Waals surface area contributed by atoms with Crippen molar-refractivity contribution in [2.75, 3.05) is 6.61 Å². The Labute approximate surface area is 187 Å². The number of aliphatic hydroxyl groups is 5. The van der Waals surface area contributed by atoms with Crippen LogP contribution in [-0.4, -0.2) is 113 Å². The van der Waals surface area contributed by atoms with Gasteiger partial charge in [-0.2, -0.15) is 0 Å². The minimum atomic E-state index is -1.79. The normalized spacial score (nSPS) is 12.8. The maximum Gasteiger partial charge on any atom is 0.310 e. The minimum absolute atomic E-state index is 0.0258. The molecule has 0 aromatic rings. The van der Waals surface area contributed by atoms with Gasteiger partial charge in [0.05, 0.1) is 6.61 Å². The van der Waals surface area contributed by atoms with E-state index in [4.69, 9.17) is 40.9 Å². The number of carboxylic acid groups (broad SMARTS) is 3. The molecule has 192 valence electrons. The van der Waals surface area contributed by atoms with Gasteiger partial charge in [0.1, 0.15) is 61.0 Å². The van der Waals surface area contributed by atoms with Gasteiger partial charge in [-0.3, -0.25) is 28.8 Å². The molecular weight excluding hydrogens is 456 g/mol. The molecule has 15 heteroatoms. The summed E-state index contributed by atoms with van der Waals surface area (Å²) in [4.78, 5) is 68.3. The van der Waals surface area contributed by atoms with Gasteiger partial charge in [0.25, 0.3) is 0 Å². The predicted octanol–water partition coefficient (Wildman–Crippen LogP) is -3.23. The van der Waals surface area contributed by atoms with Crippen LogP contribution in [0.3, 0.4) is 0 Å². The van der Waals surface area contributed by atoms with Crippen LogP contribution >= 0.6 is 0 Å². The fraction of sp³-hybridized carbons (Fsp3) is 0.611. The molecule has 33 heavy (non-hydrogen) atoms. The molecular formula is C18H30O15. The van der Waals surface area contributed by atoms with Crippen molar-refractivity contribution < 1.29 is 74.4 Å². The highest BCUT2D eigenvalue weighted by Crippen LogP contribution is 2.02. The molecule has 0 heterocycles. The van der Waals surface area contributed by atoms with Crippen LogP contribution in [-0.2, 0) is 33.6 Å². The molecule has 0 saturated heterocycles. The number of carboxylic acids is 3. The molecule has 4 unspecified atom stereocenters. The number of rotatable bonds is 11. The molecule has 0 aliphatic rings. The molecule has 0 aromatic heterocycles. The first-order valence-corrected chi connectivity index (χ1v) is 8.84. The van der Waals surface area contributed by atoms with Crippen molar-refractivity contribution in [1.29, 1.82) is 0 Å². The van der Waals surface area contributed by atoms with Gasteiger partial charge >= 0.3 is 17.9 Å². The fourth-order valence-corrected chi connectivity index (χ4v) is 1.26. The molecule has 0 fully saturated rings. The smallest absolute Gasteiger partial charge is 0.310 e. The lowest BCUT2D eigenvalue weighted by molar-refractivity contribution is -0.141. The van der Waals surface area contributed by atoms with Gasteiger partial charge in [-0.15, -0.1) is 0 Å². The first-order chi connectivity index (χ1) is 14.9. The third kappa shape index (κ3) is 33.7. The van der Waals surface area contributed by atoms with E-state index in [1.165, 1.54) is 20.8 Å². The first-order valence-electron chi connectivity index (χ1n) is 8.84. The number of carbonyl (C=O) groups excluding carboxylic acids is 4. The summed E-state index contributed by atoms with van der Waals surface area (Å²) >= 11 is 0. The van der Waals surface area contributed by atoms with Crippen molar-refractivity contribution in [3.8, 4) is 0 Å². The van der Waals surface area contributed by atoms with Crippen LogP contribution in [0, 0.1) is 0 Å². The van der Waals surface area contributed by atoms with Crippen LogP contribution in [0.1, 0.15) is 40.0 Å². The van der Waals surface area contributed by atoms with Gasteiger partial charge in [0.15, 0.2) is 6.29 Å². The Bertz CT molecular complexity index is 545. The zero-order valence-electron chi connectivity index (χ0n) is 18.2. The summed E-state index contributed by atoms with van der Waals surface area (Å²) in [5, 5.41) is 67.1. The zero-order chi connectivity index (χ0) is 27.3. The third-order valence-electron chi connectivity index (χ3n) is 2.62. The van der Waals surface area contributed by atoms with Crippen molar-refractivity contribution >= 4 is 41.5 Å². The number of ketones is 3. The molecule has 0 bridgehead atoms. The zero-order valence-corrected chi connectivity index (χ0v) is 18.2. The lowest BCUT2D eigenvalue weighted by atomic mass is 10.0. The average Bonchev–Trinajstić information content (AvgIpc) is 2.63. The summed E-state index contributed by atoms with van der Waals surface area (Å²) in [6.07, 6.45) is -7.92. The van der Waals surface area contributed by atoms with Crippen LogP contribution in [0.4, 0.5) is 0 Å². The standard InChI is InChI=1S/C6H12O6.3C4H6O3/c7-1-3(9)5(11)6(12)4(10)2-8;3*1-3(5)2-4(6)7/h1,3-6,8-12H,2H2;3*2H2,1H3,(H,6,7). The molecule has 4 atom stereocenters. The van der Waals surface area contributed by atoms with Crippen LogP contribution in [0.2, 0.25) is 0 Å². The number of carbonyl (C=O) groups is 7. The highest BCUT2D eigenvalue weighted by atomic mass is 16.4. The van der Waals surface area contributed by atoms with Gasteiger partial charge in [0.2, 0.25) is 0 Å². The largest absolute Gasteiger partial charge is 0.481 e. The summed E-state index contributed by atoms with van der Waals surface area (Å²) in [6.45, 7) is 2.97. The quantitative estimate of drug-likeness (QED) is 0.105. The van der Waals surface area contributed by atoms with E-state index in [-0.39, 0.29) is 42.9 Å². The van der Waals surface area contributed by atoms with E-state index < -0.39 is 48.9 Å². The third-order valence-corrected chi connectivity index (χ3v) is 2.62. The maximum absolute atomic E-state index is 9.90. The van der Waals surface area contributed by atoms with E-state index in [0.29, 0.717) is 0 Å². The van der Waals surface area contributed by atoms with Gasteiger partial charge in [-0.25, -0.2) is 0 Å². The van der Waals surface area contributed by atoms with E-state index in [1.807, 2.05) is 0 Å². The number of aldehydes is 1. The van der Waals surface area contributed by atoms with Crippen molar-refractivity contribution in [1.82, 2.24) is 0 Å². The highest BCUT2D eigenvalue weighted by molar-refractivity contribution is 5.93. The number of Topliss-reactive ketones (excluding diaryl/α,β-unsaturated/α-hetero) is 3.